The van der Waals surface area contributed by atoms with Crippen LogP contribution in [0, 0.1) is 5.92 Å². The summed E-state index contributed by atoms with van der Waals surface area (Å²) in [5.74, 6) is 0.736. The lowest BCUT2D eigenvalue weighted by molar-refractivity contribution is 0.136. The standard InChI is InChI=1S/C13H26N2O/c1-11(2)10-16-8-6-14-13-5-7-15(4)9-12(13)3/h12-14H,1,5-10H2,2-4H3. The number of hydrogen-bond acceptors (Lipinski definition) is 3. The van der Waals surface area contributed by atoms with E-state index < -0.39 is 0 Å². The van der Waals surface area contributed by atoms with E-state index in [1.54, 1.807) is 0 Å². The molecule has 1 fully saturated rings. The molecule has 0 amide bonds. The summed E-state index contributed by atoms with van der Waals surface area (Å²) in [6.45, 7) is 12.9. The molecular weight excluding hydrogens is 200 g/mol. The van der Waals surface area contributed by atoms with E-state index >= 15 is 0 Å². The minimum absolute atomic E-state index is 0.657. The van der Waals surface area contributed by atoms with E-state index in [9.17, 15) is 0 Å². The number of rotatable bonds is 6. The van der Waals surface area contributed by atoms with Crippen LogP contribution < -0.4 is 5.32 Å². The Morgan fingerprint density at radius 3 is 2.94 bits per heavy atom. The first-order valence-corrected chi connectivity index (χ1v) is 6.23. The maximum atomic E-state index is 5.47. The second-order valence-electron chi connectivity index (χ2n) is 5.10. The van der Waals surface area contributed by atoms with Gasteiger partial charge in [-0.1, -0.05) is 19.1 Å². The van der Waals surface area contributed by atoms with Gasteiger partial charge in [0.1, 0.15) is 0 Å². The lowest BCUT2D eigenvalue weighted by atomic mass is 9.94. The van der Waals surface area contributed by atoms with Crippen molar-refractivity contribution in [1.82, 2.24) is 10.2 Å². The molecule has 0 radical (unpaired) electrons. The van der Waals surface area contributed by atoms with Crippen LogP contribution in [0.2, 0.25) is 0 Å². The number of likely N-dealkylation sites (tertiary alicyclic amines) is 1. The van der Waals surface area contributed by atoms with Crippen LogP contribution in [0.5, 0.6) is 0 Å². The molecule has 1 saturated heterocycles. The molecule has 0 aromatic carbocycles. The summed E-state index contributed by atoms with van der Waals surface area (Å²) in [7, 11) is 2.20. The lowest BCUT2D eigenvalue weighted by Gasteiger charge is -2.35. The number of ether oxygens (including phenoxy) is 1. The Hall–Kier alpha value is -0.380. The second-order valence-corrected chi connectivity index (χ2v) is 5.10. The van der Waals surface area contributed by atoms with E-state index in [1.807, 2.05) is 6.92 Å². The summed E-state index contributed by atoms with van der Waals surface area (Å²) in [5, 5.41) is 3.58. The van der Waals surface area contributed by atoms with Gasteiger partial charge in [0.25, 0.3) is 0 Å². The lowest BCUT2D eigenvalue weighted by Crippen LogP contribution is -2.47. The van der Waals surface area contributed by atoms with Crippen molar-refractivity contribution in [3.05, 3.63) is 12.2 Å². The quantitative estimate of drug-likeness (QED) is 0.549. The molecule has 3 heteroatoms. The molecule has 3 nitrogen and oxygen atoms in total. The maximum Gasteiger partial charge on any atom is 0.0672 e. The summed E-state index contributed by atoms with van der Waals surface area (Å²) in [5.41, 5.74) is 1.09. The van der Waals surface area contributed by atoms with Crippen LogP contribution in [0.3, 0.4) is 0 Å². The van der Waals surface area contributed by atoms with Crippen molar-refractivity contribution in [2.24, 2.45) is 5.92 Å². The molecule has 0 bridgehead atoms. The van der Waals surface area contributed by atoms with Gasteiger partial charge in [0, 0.05) is 19.1 Å². The van der Waals surface area contributed by atoms with E-state index in [0.717, 1.165) is 24.6 Å². The molecule has 1 aliphatic heterocycles. The fraction of sp³-hybridized carbons (Fsp3) is 0.846. The predicted octanol–water partition coefficient (Wildman–Crippen LogP) is 1.51. The van der Waals surface area contributed by atoms with Crippen LogP contribution >= 0.6 is 0 Å². The smallest absolute Gasteiger partial charge is 0.0672 e. The normalized spacial score (nSPS) is 26.9. The van der Waals surface area contributed by atoms with Crippen LogP contribution in [0.15, 0.2) is 12.2 Å². The molecule has 94 valence electrons. The van der Waals surface area contributed by atoms with Crippen molar-refractivity contribution in [3.8, 4) is 0 Å². The highest BCUT2D eigenvalue weighted by molar-refractivity contribution is 4.87. The maximum absolute atomic E-state index is 5.47. The van der Waals surface area contributed by atoms with Crippen LogP contribution in [-0.2, 0) is 4.74 Å². The molecule has 1 rings (SSSR count). The van der Waals surface area contributed by atoms with Crippen molar-refractivity contribution in [2.75, 3.05) is 39.9 Å². The highest BCUT2D eigenvalue weighted by Crippen LogP contribution is 2.14. The summed E-state index contributed by atoms with van der Waals surface area (Å²) in [6, 6.07) is 0.657. The van der Waals surface area contributed by atoms with Gasteiger partial charge in [0.05, 0.1) is 13.2 Å². The van der Waals surface area contributed by atoms with E-state index in [4.69, 9.17) is 4.74 Å². The van der Waals surface area contributed by atoms with Gasteiger partial charge < -0.3 is 15.0 Å². The minimum atomic E-state index is 0.657. The Bertz CT molecular complexity index is 218. The van der Waals surface area contributed by atoms with Crippen LogP contribution in [0.1, 0.15) is 20.3 Å². The number of nitrogens with one attached hydrogen (secondary N) is 1. The summed E-state index contributed by atoms with van der Waals surface area (Å²) in [4.78, 5) is 2.40. The molecule has 0 aliphatic carbocycles. The van der Waals surface area contributed by atoms with Crippen LogP contribution in [0.25, 0.3) is 0 Å². The fourth-order valence-corrected chi connectivity index (χ4v) is 2.22. The van der Waals surface area contributed by atoms with Crippen molar-refractivity contribution < 1.29 is 4.74 Å². The molecule has 2 unspecified atom stereocenters. The topological polar surface area (TPSA) is 24.5 Å². The van der Waals surface area contributed by atoms with Gasteiger partial charge in [-0.3, -0.25) is 0 Å². The Morgan fingerprint density at radius 1 is 1.56 bits per heavy atom. The van der Waals surface area contributed by atoms with Gasteiger partial charge in [-0.05, 0) is 32.9 Å². The molecule has 2 atom stereocenters. The Kier molecular flexibility index (Phi) is 6.03. The highest BCUT2D eigenvalue weighted by atomic mass is 16.5. The zero-order valence-corrected chi connectivity index (χ0v) is 11.0. The summed E-state index contributed by atoms with van der Waals surface area (Å²) >= 11 is 0. The third kappa shape index (κ3) is 5.10. The molecular formula is C13H26N2O. The molecule has 1 aliphatic rings. The van der Waals surface area contributed by atoms with Crippen molar-refractivity contribution in [1.29, 1.82) is 0 Å². The Morgan fingerprint density at radius 2 is 2.31 bits per heavy atom. The van der Waals surface area contributed by atoms with Gasteiger partial charge in [-0.15, -0.1) is 0 Å². The van der Waals surface area contributed by atoms with E-state index in [-0.39, 0.29) is 0 Å². The Balaban J connectivity index is 2.06. The first-order valence-electron chi connectivity index (χ1n) is 6.23. The van der Waals surface area contributed by atoms with Gasteiger partial charge >= 0.3 is 0 Å². The van der Waals surface area contributed by atoms with Crippen molar-refractivity contribution in [3.63, 3.8) is 0 Å². The average Bonchev–Trinajstić information content (AvgIpc) is 2.20. The number of piperidine rings is 1. The number of nitrogens with zero attached hydrogens (tertiary/aromatic N) is 1. The van der Waals surface area contributed by atoms with Crippen molar-refractivity contribution >= 4 is 0 Å². The minimum Gasteiger partial charge on any atom is -0.376 e. The van der Waals surface area contributed by atoms with Gasteiger partial charge in [-0.2, -0.15) is 0 Å². The molecule has 0 aromatic rings. The molecule has 1 heterocycles. The van der Waals surface area contributed by atoms with Gasteiger partial charge in [0.2, 0.25) is 0 Å². The van der Waals surface area contributed by atoms with Gasteiger partial charge in [0.15, 0.2) is 0 Å². The largest absolute Gasteiger partial charge is 0.376 e. The third-order valence-electron chi connectivity index (χ3n) is 3.11. The predicted molar refractivity (Wildman–Crippen MR) is 68.7 cm³/mol. The SMILES string of the molecule is C=C(C)COCCNC1CCN(C)CC1C. The van der Waals surface area contributed by atoms with Crippen molar-refractivity contribution in [2.45, 2.75) is 26.3 Å². The highest BCUT2D eigenvalue weighted by Gasteiger charge is 2.23. The zero-order chi connectivity index (χ0) is 12.0. The third-order valence-corrected chi connectivity index (χ3v) is 3.11. The molecule has 0 spiro atoms. The monoisotopic (exact) mass is 226 g/mol. The van der Waals surface area contributed by atoms with Crippen LogP contribution in [-0.4, -0.2) is 50.8 Å². The second kappa shape index (κ2) is 7.05. The number of hydrogen-bond donors (Lipinski definition) is 1. The molecule has 0 saturated carbocycles. The molecule has 1 N–H and O–H groups in total. The van der Waals surface area contributed by atoms with Gasteiger partial charge in [-0.25, -0.2) is 0 Å². The Labute approximate surface area is 99.8 Å². The van der Waals surface area contributed by atoms with Crippen LogP contribution in [0.4, 0.5) is 0 Å². The molecule has 16 heavy (non-hydrogen) atoms. The first-order chi connectivity index (χ1) is 7.59. The summed E-state index contributed by atoms with van der Waals surface area (Å²) < 4.78 is 5.47. The zero-order valence-electron chi connectivity index (χ0n) is 11.0. The molecule has 0 aromatic heterocycles. The van der Waals surface area contributed by atoms with E-state index in [1.165, 1.54) is 19.5 Å². The summed E-state index contributed by atoms with van der Waals surface area (Å²) in [6.07, 6.45) is 1.25. The van der Waals surface area contributed by atoms with E-state index in [0.29, 0.717) is 12.6 Å². The first kappa shape index (κ1) is 13.7. The van der Waals surface area contributed by atoms with E-state index in [2.05, 4.69) is 30.8 Å². The fourth-order valence-electron chi connectivity index (χ4n) is 2.22. The average molecular weight is 226 g/mol.